The van der Waals surface area contributed by atoms with Crippen LogP contribution in [0.25, 0.3) is 16.8 Å². The van der Waals surface area contributed by atoms with Crippen molar-refractivity contribution in [1.29, 1.82) is 0 Å². The fourth-order valence-electron chi connectivity index (χ4n) is 2.02. The van der Waals surface area contributed by atoms with Crippen LogP contribution in [-0.4, -0.2) is 17.7 Å². The summed E-state index contributed by atoms with van der Waals surface area (Å²) in [6, 6.07) is 11.6. The zero-order chi connectivity index (χ0) is 13.7. The van der Waals surface area contributed by atoms with E-state index in [-0.39, 0.29) is 12.6 Å². The fourth-order valence-corrected chi connectivity index (χ4v) is 2.02. The molecule has 0 bridgehead atoms. The molecule has 0 aromatic heterocycles. The van der Waals surface area contributed by atoms with Gasteiger partial charge in [0, 0.05) is 6.08 Å². The molecule has 2 aromatic rings. The third kappa shape index (κ3) is 3.01. The van der Waals surface area contributed by atoms with Crippen LogP contribution in [0.3, 0.4) is 0 Å². The van der Waals surface area contributed by atoms with Crippen LogP contribution in [-0.2, 0) is 16.1 Å². The van der Waals surface area contributed by atoms with E-state index in [2.05, 4.69) is 0 Å². The van der Waals surface area contributed by atoms with E-state index in [9.17, 15) is 9.90 Å². The minimum atomic E-state index is -0.349. The van der Waals surface area contributed by atoms with Crippen LogP contribution >= 0.6 is 0 Å². The van der Waals surface area contributed by atoms with Crippen LogP contribution in [0.1, 0.15) is 18.1 Å². The van der Waals surface area contributed by atoms with Crippen LogP contribution in [0.15, 0.2) is 42.5 Å². The van der Waals surface area contributed by atoms with Gasteiger partial charge >= 0.3 is 5.97 Å². The Balaban J connectivity index is 2.42. The Bertz CT molecular complexity index is 614. The second kappa shape index (κ2) is 6.16. The maximum atomic E-state index is 11.3. The smallest absolute Gasteiger partial charge is 0.330 e. The van der Waals surface area contributed by atoms with Gasteiger partial charge in [0.1, 0.15) is 0 Å². The van der Waals surface area contributed by atoms with E-state index in [1.807, 2.05) is 36.4 Å². The van der Waals surface area contributed by atoms with Gasteiger partial charge in [-0.2, -0.15) is 0 Å². The number of ether oxygens (including phenoxy) is 1. The number of benzene rings is 2. The highest BCUT2D eigenvalue weighted by Crippen LogP contribution is 2.23. The lowest BCUT2D eigenvalue weighted by atomic mass is 9.99. The standard InChI is InChI=1S/C16H16O3/c1-2-19-16(18)10-9-12-7-8-13(11-17)15-6-4-3-5-14(12)15/h3-10,17H,2,11H2,1H3. The first-order valence-electron chi connectivity index (χ1n) is 6.22. The molecule has 0 unspecified atom stereocenters. The molecule has 3 nitrogen and oxygen atoms in total. The number of hydrogen-bond donors (Lipinski definition) is 1. The Hall–Kier alpha value is -2.13. The molecule has 19 heavy (non-hydrogen) atoms. The van der Waals surface area contributed by atoms with Crippen molar-refractivity contribution in [3.63, 3.8) is 0 Å². The monoisotopic (exact) mass is 256 g/mol. The Morgan fingerprint density at radius 3 is 2.63 bits per heavy atom. The molecule has 0 aliphatic carbocycles. The molecule has 0 radical (unpaired) electrons. The molecule has 1 N–H and O–H groups in total. The first kappa shape index (κ1) is 13.3. The summed E-state index contributed by atoms with van der Waals surface area (Å²) >= 11 is 0. The number of aliphatic hydroxyl groups excluding tert-OH is 1. The molecular weight excluding hydrogens is 240 g/mol. The number of aliphatic hydroxyl groups is 1. The normalized spacial score (nSPS) is 11.1. The van der Waals surface area contributed by atoms with Crippen LogP contribution in [0, 0.1) is 0 Å². The van der Waals surface area contributed by atoms with Gasteiger partial charge in [-0.15, -0.1) is 0 Å². The van der Waals surface area contributed by atoms with Crippen molar-refractivity contribution in [3.05, 3.63) is 53.6 Å². The fraction of sp³-hybridized carbons (Fsp3) is 0.188. The SMILES string of the molecule is CCOC(=O)C=Cc1ccc(CO)c2ccccc12. The van der Waals surface area contributed by atoms with Crippen molar-refractivity contribution < 1.29 is 14.6 Å². The minimum absolute atomic E-state index is 0.00237. The van der Waals surface area contributed by atoms with Gasteiger partial charge in [-0.1, -0.05) is 36.4 Å². The minimum Gasteiger partial charge on any atom is -0.463 e. The quantitative estimate of drug-likeness (QED) is 0.676. The van der Waals surface area contributed by atoms with Gasteiger partial charge in [0.15, 0.2) is 0 Å². The summed E-state index contributed by atoms with van der Waals surface area (Å²) in [7, 11) is 0. The van der Waals surface area contributed by atoms with Gasteiger partial charge < -0.3 is 9.84 Å². The Morgan fingerprint density at radius 2 is 1.95 bits per heavy atom. The molecule has 3 heteroatoms. The molecule has 0 spiro atoms. The number of fused-ring (bicyclic) bond motifs is 1. The maximum absolute atomic E-state index is 11.3. The number of esters is 1. The lowest BCUT2D eigenvalue weighted by Crippen LogP contribution is -1.98. The van der Waals surface area contributed by atoms with E-state index >= 15 is 0 Å². The Labute approximate surface area is 112 Å². The second-order valence-corrected chi connectivity index (χ2v) is 4.10. The molecule has 0 aliphatic heterocycles. The van der Waals surface area contributed by atoms with Gasteiger partial charge in [-0.3, -0.25) is 0 Å². The zero-order valence-corrected chi connectivity index (χ0v) is 10.8. The largest absolute Gasteiger partial charge is 0.463 e. The van der Waals surface area contributed by atoms with Crippen molar-refractivity contribution in [2.75, 3.05) is 6.61 Å². The molecule has 2 rings (SSSR count). The molecule has 2 aromatic carbocycles. The molecule has 0 atom stereocenters. The van der Waals surface area contributed by atoms with E-state index in [0.717, 1.165) is 21.9 Å². The predicted octanol–water partition coefficient (Wildman–Crippen LogP) is 2.91. The van der Waals surface area contributed by atoms with Crippen molar-refractivity contribution in [1.82, 2.24) is 0 Å². The van der Waals surface area contributed by atoms with Gasteiger partial charge in [-0.25, -0.2) is 4.79 Å². The first-order valence-corrected chi connectivity index (χ1v) is 6.22. The first-order chi connectivity index (χ1) is 9.26. The second-order valence-electron chi connectivity index (χ2n) is 4.10. The highest BCUT2D eigenvalue weighted by atomic mass is 16.5. The van der Waals surface area contributed by atoms with Crippen molar-refractivity contribution in [3.8, 4) is 0 Å². The van der Waals surface area contributed by atoms with E-state index in [1.54, 1.807) is 13.0 Å². The van der Waals surface area contributed by atoms with E-state index in [4.69, 9.17) is 4.74 Å². The predicted molar refractivity (Wildman–Crippen MR) is 75.5 cm³/mol. The van der Waals surface area contributed by atoms with E-state index in [0.29, 0.717) is 6.61 Å². The van der Waals surface area contributed by atoms with Gasteiger partial charge in [0.25, 0.3) is 0 Å². The van der Waals surface area contributed by atoms with Gasteiger partial charge in [-0.05, 0) is 34.9 Å². The number of rotatable bonds is 4. The van der Waals surface area contributed by atoms with E-state index in [1.165, 1.54) is 6.08 Å². The highest BCUT2D eigenvalue weighted by Gasteiger charge is 2.03. The summed E-state index contributed by atoms with van der Waals surface area (Å²) in [5.74, 6) is -0.349. The molecule has 0 aliphatic rings. The van der Waals surface area contributed by atoms with Gasteiger partial charge in [0.2, 0.25) is 0 Å². The number of hydrogen-bond acceptors (Lipinski definition) is 3. The van der Waals surface area contributed by atoms with E-state index < -0.39 is 0 Å². The molecule has 0 fully saturated rings. The highest BCUT2D eigenvalue weighted by molar-refractivity contribution is 5.96. The summed E-state index contributed by atoms with van der Waals surface area (Å²) in [5.41, 5.74) is 1.81. The molecule has 0 heterocycles. The third-order valence-corrected chi connectivity index (χ3v) is 2.90. The summed E-state index contributed by atoms with van der Waals surface area (Å²) in [4.78, 5) is 11.3. The molecule has 98 valence electrons. The molecular formula is C16H16O3. The topological polar surface area (TPSA) is 46.5 Å². The Morgan fingerprint density at radius 1 is 1.21 bits per heavy atom. The average Bonchev–Trinajstić information content (AvgIpc) is 2.45. The lowest BCUT2D eigenvalue weighted by Gasteiger charge is -2.07. The maximum Gasteiger partial charge on any atom is 0.330 e. The summed E-state index contributed by atoms with van der Waals surface area (Å²) in [5, 5.41) is 11.3. The molecule has 0 saturated heterocycles. The summed E-state index contributed by atoms with van der Waals surface area (Å²) in [6.07, 6.45) is 3.16. The van der Waals surface area contributed by atoms with Crippen LogP contribution in [0.4, 0.5) is 0 Å². The molecule has 0 amide bonds. The number of carbonyl (C=O) groups is 1. The van der Waals surface area contributed by atoms with Crippen LogP contribution < -0.4 is 0 Å². The molecule has 0 saturated carbocycles. The average molecular weight is 256 g/mol. The van der Waals surface area contributed by atoms with Crippen LogP contribution in [0.5, 0.6) is 0 Å². The third-order valence-electron chi connectivity index (χ3n) is 2.90. The summed E-state index contributed by atoms with van der Waals surface area (Å²) < 4.78 is 4.85. The van der Waals surface area contributed by atoms with Crippen molar-refractivity contribution in [2.24, 2.45) is 0 Å². The van der Waals surface area contributed by atoms with Crippen molar-refractivity contribution >= 4 is 22.8 Å². The van der Waals surface area contributed by atoms with Crippen LogP contribution in [0.2, 0.25) is 0 Å². The lowest BCUT2D eigenvalue weighted by molar-refractivity contribution is -0.137. The van der Waals surface area contributed by atoms with Crippen molar-refractivity contribution in [2.45, 2.75) is 13.5 Å². The van der Waals surface area contributed by atoms with Gasteiger partial charge in [0.05, 0.1) is 13.2 Å². The Kier molecular flexibility index (Phi) is 4.31. The zero-order valence-electron chi connectivity index (χ0n) is 10.8. The number of carbonyl (C=O) groups excluding carboxylic acids is 1. The summed E-state index contributed by atoms with van der Waals surface area (Å²) in [6.45, 7) is 2.15.